The van der Waals surface area contributed by atoms with Crippen molar-refractivity contribution in [3.8, 4) is 0 Å². The van der Waals surface area contributed by atoms with Gasteiger partial charge in [0, 0.05) is 19.5 Å². The number of carbonyl (C=O) groups is 1. The minimum absolute atomic E-state index is 0.282. The Hall–Kier alpha value is -0.570. The highest BCUT2D eigenvalue weighted by molar-refractivity contribution is 5.78. The molecule has 0 aromatic rings. The van der Waals surface area contributed by atoms with E-state index in [2.05, 4.69) is 5.32 Å². The predicted octanol–water partition coefficient (Wildman–Crippen LogP) is 2.02. The lowest BCUT2D eigenvalue weighted by molar-refractivity contribution is -0.135. The maximum atomic E-state index is 12.2. The molecule has 17 heavy (non-hydrogen) atoms. The Labute approximate surface area is 105 Å². The Morgan fingerprint density at radius 3 is 2.47 bits per heavy atom. The van der Waals surface area contributed by atoms with Gasteiger partial charge in [-0.25, -0.2) is 0 Å². The summed E-state index contributed by atoms with van der Waals surface area (Å²) >= 11 is 0. The van der Waals surface area contributed by atoms with E-state index in [1.165, 1.54) is 32.1 Å². The number of carbonyl (C=O) groups excluding carboxylic acids is 1. The lowest BCUT2D eigenvalue weighted by Crippen LogP contribution is -2.39. The summed E-state index contributed by atoms with van der Waals surface area (Å²) in [6, 6.07) is 0. The Morgan fingerprint density at radius 1 is 1.18 bits per heavy atom. The first-order valence-electron chi connectivity index (χ1n) is 7.23. The molecular weight excluding hydrogens is 212 g/mol. The molecule has 1 saturated heterocycles. The third-order valence-corrected chi connectivity index (χ3v) is 4.41. The molecule has 0 radical (unpaired) electrons. The van der Waals surface area contributed by atoms with Gasteiger partial charge in [0.1, 0.15) is 0 Å². The molecule has 1 aliphatic carbocycles. The third kappa shape index (κ3) is 3.70. The largest absolute Gasteiger partial charge is 0.346 e. The number of amides is 1. The molecule has 0 spiro atoms. The Morgan fingerprint density at radius 2 is 1.82 bits per heavy atom. The van der Waals surface area contributed by atoms with Crippen LogP contribution in [0.5, 0.6) is 0 Å². The van der Waals surface area contributed by atoms with E-state index < -0.39 is 0 Å². The van der Waals surface area contributed by atoms with Crippen LogP contribution < -0.4 is 5.32 Å². The highest BCUT2D eigenvalue weighted by Crippen LogP contribution is 2.27. The molecular formula is C14H26N2O. The topological polar surface area (TPSA) is 32.3 Å². The average Bonchev–Trinajstić information content (AvgIpc) is 2.89. The van der Waals surface area contributed by atoms with Gasteiger partial charge in [-0.3, -0.25) is 4.79 Å². The summed E-state index contributed by atoms with van der Waals surface area (Å²) in [4.78, 5) is 14.2. The maximum absolute atomic E-state index is 12.2. The molecule has 1 heterocycles. The molecule has 1 amide bonds. The van der Waals surface area contributed by atoms with Crippen molar-refractivity contribution >= 4 is 5.91 Å². The van der Waals surface area contributed by atoms with Crippen molar-refractivity contribution in [2.45, 2.75) is 44.9 Å². The van der Waals surface area contributed by atoms with Crippen LogP contribution in [0.15, 0.2) is 0 Å². The number of rotatable bonds is 4. The monoisotopic (exact) mass is 238 g/mol. The number of hydrogen-bond donors (Lipinski definition) is 1. The lowest BCUT2D eigenvalue weighted by atomic mass is 9.96. The smallest absolute Gasteiger partial charge is 0.225 e. The van der Waals surface area contributed by atoms with Gasteiger partial charge in [-0.15, -0.1) is 0 Å². The fourth-order valence-corrected chi connectivity index (χ4v) is 3.17. The maximum Gasteiger partial charge on any atom is 0.225 e. The van der Waals surface area contributed by atoms with Gasteiger partial charge >= 0.3 is 0 Å². The summed E-state index contributed by atoms with van der Waals surface area (Å²) in [6.45, 7) is 2.98. The molecule has 1 N–H and O–H groups in total. The number of hydrogen-bond acceptors (Lipinski definition) is 2. The summed E-state index contributed by atoms with van der Waals surface area (Å²) in [5.74, 6) is 1.55. The first-order valence-corrected chi connectivity index (χ1v) is 7.23. The van der Waals surface area contributed by atoms with Crippen molar-refractivity contribution < 1.29 is 4.79 Å². The average molecular weight is 238 g/mol. The number of piperidine rings is 1. The molecule has 2 fully saturated rings. The highest BCUT2D eigenvalue weighted by atomic mass is 16.2. The fourth-order valence-electron chi connectivity index (χ4n) is 3.17. The summed E-state index contributed by atoms with van der Waals surface area (Å²) in [5, 5.41) is 3.31. The van der Waals surface area contributed by atoms with E-state index in [4.69, 9.17) is 0 Å². The molecule has 0 bridgehead atoms. The van der Waals surface area contributed by atoms with Gasteiger partial charge in [0.05, 0.1) is 0 Å². The van der Waals surface area contributed by atoms with E-state index in [1.54, 1.807) is 0 Å². The molecule has 3 nitrogen and oxygen atoms in total. The molecule has 98 valence electrons. The Bertz CT molecular complexity index is 243. The summed E-state index contributed by atoms with van der Waals surface area (Å²) in [6.07, 6.45) is 8.82. The molecule has 0 atom stereocenters. The number of nitrogens with one attached hydrogen (secondary N) is 1. The molecule has 2 rings (SSSR count). The van der Waals surface area contributed by atoms with Crippen LogP contribution in [0.3, 0.4) is 0 Å². The van der Waals surface area contributed by atoms with Crippen LogP contribution in [0.4, 0.5) is 0 Å². The highest BCUT2D eigenvalue weighted by Gasteiger charge is 2.24. The SMILES string of the molecule is CN(CCC1CCCC1)C(=O)C1CCNCC1. The zero-order chi connectivity index (χ0) is 12.1. The van der Waals surface area contributed by atoms with Crippen LogP contribution in [0, 0.1) is 11.8 Å². The van der Waals surface area contributed by atoms with Crippen LogP contribution in [0.25, 0.3) is 0 Å². The predicted molar refractivity (Wildman–Crippen MR) is 69.8 cm³/mol. The third-order valence-electron chi connectivity index (χ3n) is 4.41. The van der Waals surface area contributed by atoms with Crippen molar-refractivity contribution in [1.29, 1.82) is 0 Å². The quantitative estimate of drug-likeness (QED) is 0.812. The molecule has 1 saturated carbocycles. The normalized spacial score (nSPS) is 22.9. The van der Waals surface area contributed by atoms with Gasteiger partial charge in [0.25, 0.3) is 0 Å². The van der Waals surface area contributed by atoms with E-state index in [0.29, 0.717) is 5.91 Å². The fraction of sp³-hybridized carbons (Fsp3) is 0.929. The van der Waals surface area contributed by atoms with Crippen molar-refractivity contribution in [1.82, 2.24) is 10.2 Å². The molecule has 0 aromatic heterocycles. The second kappa shape index (κ2) is 6.39. The second-order valence-electron chi connectivity index (χ2n) is 5.72. The summed E-state index contributed by atoms with van der Waals surface area (Å²) < 4.78 is 0. The minimum atomic E-state index is 0.282. The van der Waals surface area contributed by atoms with Crippen molar-refractivity contribution in [3.05, 3.63) is 0 Å². The molecule has 1 aliphatic heterocycles. The van der Waals surface area contributed by atoms with Crippen LogP contribution in [-0.2, 0) is 4.79 Å². The Kier molecular flexibility index (Phi) is 4.84. The van der Waals surface area contributed by atoms with E-state index >= 15 is 0 Å². The van der Waals surface area contributed by atoms with Crippen LogP contribution in [0.1, 0.15) is 44.9 Å². The molecule has 3 heteroatoms. The first kappa shape index (κ1) is 12.9. The van der Waals surface area contributed by atoms with E-state index in [9.17, 15) is 4.79 Å². The van der Waals surface area contributed by atoms with E-state index in [-0.39, 0.29) is 5.92 Å². The molecule has 0 unspecified atom stereocenters. The van der Waals surface area contributed by atoms with Gasteiger partial charge < -0.3 is 10.2 Å². The summed E-state index contributed by atoms with van der Waals surface area (Å²) in [5.41, 5.74) is 0. The number of nitrogens with zero attached hydrogens (tertiary/aromatic N) is 1. The van der Waals surface area contributed by atoms with Gasteiger partial charge in [0.2, 0.25) is 5.91 Å². The first-order chi connectivity index (χ1) is 8.27. The van der Waals surface area contributed by atoms with Gasteiger partial charge in [-0.05, 0) is 38.3 Å². The zero-order valence-electron chi connectivity index (χ0n) is 11.1. The van der Waals surface area contributed by atoms with Crippen molar-refractivity contribution in [2.75, 3.05) is 26.7 Å². The van der Waals surface area contributed by atoms with Crippen LogP contribution >= 0.6 is 0 Å². The molecule has 0 aromatic carbocycles. The van der Waals surface area contributed by atoms with E-state index in [0.717, 1.165) is 38.4 Å². The van der Waals surface area contributed by atoms with E-state index in [1.807, 2.05) is 11.9 Å². The van der Waals surface area contributed by atoms with Crippen molar-refractivity contribution in [2.24, 2.45) is 11.8 Å². The standard InChI is InChI=1S/C14H26N2O/c1-16(11-8-12-4-2-3-5-12)14(17)13-6-9-15-10-7-13/h12-13,15H,2-11H2,1H3. The Balaban J connectivity index is 1.70. The summed E-state index contributed by atoms with van der Waals surface area (Å²) in [7, 11) is 1.99. The van der Waals surface area contributed by atoms with Gasteiger partial charge in [-0.1, -0.05) is 25.7 Å². The molecule has 2 aliphatic rings. The lowest BCUT2D eigenvalue weighted by Gasteiger charge is -2.27. The minimum Gasteiger partial charge on any atom is -0.346 e. The van der Waals surface area contributed by atoms with Crippen LogP contribution in [0.2, 0.25) is 0 Å². The van der Waals surface area contributed by atoms with Crippen molar-refractivity contribution in [3.63, 3.8) is 0 Å². The second-order valence-corrected chi connectivity index (χ2v) is 5.72. The van der Waals surface area contributed by atoms with Crippen LogP contribution in [-0.4, -0.2) is 37.5 Å². The van der Waals surface area contributed by atoms with Gasteiger partial charge in [0.15, 0.2) is 0 Å². The van der Waals surface area contributed by atoms with Gasteiger partial charge in [-0.2, -0.15) is 0 Å². The zero-order valence-corrected chi connectivity index (χ0v) is 11.1.